The maximum atomic E-state index is 12.9. The highest BCUT2D eigenvalue weighted by atomic mass is 31.2. The standard InChI is InChI=1S/C84H150NO8P/c1-6-8-10-12-14-16-18-20-22-24-26-28-30-32-34-36-38-40-41-42-43-45-47-49-51-53-55-57-59-61-63-65-67-69-71-73-75-77-84(87)93-82(81-92-94(88,89)91-79-78-85(3,4)5)80-90-83(86)76-74-72-70-68-66-64-62-60-58-56-54-52-50-48-46-44-39-37-35-33-31-29-27-25-23-21-19-17-15-13-11-9-7-2/h8,10,14,16,20,22,26,28,32,34,38,40,42-43,47,49,53,55,82H,6-7,9,11-13,15,17-19,21,23-25,27,29-31,33,35-37,39,41,44-46,48,50-52,54,56-81H2,1-5H3/p+1/b10-8-,16-14-,22-20-,28-26-,34-32-,40-38-,43-42-,49-47-,55-53-. The van der Waals surface area contributed by atoms with Gasteiger partial charge in [0, 0.05) is 12.8 Å². The highest BCUT2D eigenvalue weighted by molar-refractivity contribution is 7.47. The van der Waals surface area contributed by atoms with E-state index >= 15 is 0 Å². The van der Waals surface area contributed by atoms with Crippen LogP contribution >= 0.6 is 7.82 Å². The molecule has 2 atom stereocenters. The molecule has 544 valence electrons. The van der Waals surface area contributed by atoms with Crippen LogP contribution in [0, 0.1) is 0 Å². The molecule has 0 spiro atoms. The highest BCUT2D eigenvalue weighted by Gasteiger charge is 2.27. The lowest BCUT2D eigenvalue weighted by molar-refractivity contribution is -0.870. The van der Waals surface area contributed by atoms with Crippen LogP contribution < -0.4 is 0 Å². The summed E-state index contributed by atoms with van der Waals surface area (Å²) in [6, 6.07) is 0. The van der Waals surface area contributed by atoms with Crippen LogP contribution in [-0.4, -0.2) is 74.9 Å². The molecule has 0 radical (unpaired) electrons. The number of carbonyl (C=O) groups excluding carboxylic acids is 2. The number of nitrogens with zero attached hydrogens (tertiary/aromatic N) is 1. The average Bonchev–Trinajstić information content (AvgIpc) is 1.56. The van der Waals surface area contributed by atoms with Crippen LogP contribution in [0.4, 0.5) is 0 Å². The molecule has 0 aliphatic rings. The van der Waals surface area contributed by atoms with Crippen molar-refractivity contribution in [3.05, 3.63) is 109 Å². The van der Waals surface area contributed by atoms with Crippen molar-refractivity contribution in [2.75, 3.05) is 47.5 Å². The molecular weight excluding hydrogens is 1180 g/mol. The molecule has 0 heterocycles. The number of likely N-dealkylation sites (N-methyl/N-ethyl adjacent to an activating group) is 1. The van der Waals surface area contributed by atoms with Gasteiger partial charge in [-0.25, -0.2) is 4.57 Å². The second kappa shape index (κ2) is 73.9. The van der Waals surface area contributed by atoms with Crippen molar-refractivity contribution in [2.45, 2.75) is 367 Å². The van der Waals surface area contributed by atoms with Gasteiger partial charge < -0.3 is 18.9 Å². The molecule has 0 saturated carbocycles. The summed E-state index contributed by atoms with van der Waals surface area (Å²) in [5, 5.41) is 0. The summed E-state index contributed by atoms with van der Waals surface area (Å²) >= 11 is 0. The second-order valence-electron chi connectivity index (χ2n) is 27.7. The van der Waals surface area contributed by atoms with Crippen molar-refractivity contribution in [1.29, 1.82) is 0 Å². The first-order valence-electron chi connectivity index (χ1n) is 39.6. The minimum absolute atomic E-state index is 0.0277. The molecule has 0 aliphatic heterocycles. The summed E-state index contributed by atoms with van der Waals surface area (Å²) in [4.78, 5) is 36.0. The molecule has 0 bridgehead atoms. The predicted octanol–water partition coefficient (Wildman–Crippen LogP) is 26.4. The quantitative estimate of drug-likeness (QED) is 0.0211. The van der Waals surface area contributed by atoms with Crippen LogP contribution in [0.25, 0.3) is 0 Å². The summed E-state index contributed by atoms with van der Waals surface area (Å²) in [7, 11) is 1.48. The van der Waals surface area contributed by atoms with E-state index in [-0.39, 0.29) is 32.0 Å². The maximum Gasteiger partial charge on any atom is 0.472 e. The number of phosphoric ester groups is 1. The minimum atomic E-state index is -4.40. The van der Waals surface area contributed by atoms with Gasteiger partial charge in [-0.15, -0.1) is 0 Å². The van der Waals surface area contributed by atoms with Gasteiger partial charge in [0.25, 0.3) is 0 Å². The molecule has 94 heavy (non-hydrogen) atoms. The van der Waals surface area contributed by atoms with Gasteiger partial charge in [-0.2, -0.15) is 0 Å². The van der Waals surface area contributed by atoms with E-state index < -0.39 is 26.5 Å². The number of phosphoric acid groups is 1. The van der Waals surface area contributed by atoms with Crippen LogP contribution in [0.2, 0.25) is 0 Å². The summed E-state index contributed by atoms with van der Waals surface area (Å²) in [5.74, 6) is -0.794. The van der Waals surface area contributed by atoms with Crippen molar-refractivity contribution in [3.63, 3.8) is 0 Å². The third kappa shape index (κ3) is 77.7. The van der Waals surface area contributed by atoms with Crippen LogP contribution in [0.15, 0.2) is 109 Å². The Labute approximate surface area is 582 Å². The van der Waals surface area contributed by atoms with E-state index in [9.17, 15) is 19.0 Å². The fraction of sp³-hybridized carbons (Fsp3) is 0.762. The van der Waals surface area contributed by atoms with E-state index in [1.807, 2.05) is 21.1 Å². The monoisotopic (exact) mass is 1330 g/mol. The Morgan fingerprint density at radius 3 is 0.904 bits per heavy atom. The van der Waals surface area contributed by atoms with Gasteiger partial charge >= 0.3 is 19.8 Å². The molecule has 1 N–H and O–H groups in total. The number of carbonyl (C=O) groups is 2. The van der Waals surface area contributed by atoms with Gasteiger partial charge in [0.2, 0.25) is 0 Å². The molecule has 0 saturated heterocycles. The Bertz CT molecular complexity index is 1960. The summed E-state index contributed by atoms with van der Waals surface area (Å²) in [6.07, 6.45) is 105. The first-order chi connectivity index (χ1) is 46.0. The topological polar surface area (TPSA) is 108 Å². The van der Waals surface area contributed by atoms with Crippen molar-refractivity contribution in [2.24, 2.45) is 0 Å². The first kappa shape index (κ1) is 90.7. The molecule has 9 nitrogen and oxygen atoms in total. The normalized spacial score (nSPS) is 13.6. The average molecular weight is 1330 g/mol. The molecule has 0 amide bonds. The zero-order valence-electron chi connectivity index (χ0n) is 62.2. The smallest absolute Gasteiger partial charge is 0.462 e. The highest BCUT2D eigenvalue weighted by Crippen LogP contribution is 2.43. The van der Waals surface area contributed by atoms with Gasteiger partial charge in [-0.1, -0.05) is 374 Å². The van der Waals surface area contributed by atoms with Crippen LogP contribution in [0.3, 0.4) is 0 Å². The van der Waals surface area contributed by atoms with Crippen LogP contribution in [0.1, 0.15) is 361 Å². The Kier molecular flexibility index (Phi) is 71.3. The van der Waals surface area contributed by atoms with E-state index in [2.05, 4.69) is 123 Å². The van der Waals surface area contributed by atoms with Crippen LogP contribution in [-0.2, 0) is 32.7 Å². The summed E-state index contributed by atoms with van der Waals surface area (Å²) in [6.45, 7) is 4.36. The molecule has 0 rings (SSSR count). The van der Waals surface area contributed by atoms with Crippen molar-refractivity contribution < 1.29 is 42.1 Å². The predicted molar refractivity (Wildman–Crippen MR) is 408 cm³/mol. The number of hydrogen-bond donors (Lipinski definition) is 1. The summed E-state index contributed by atoms with van der Waals surface area (Å²) in [5.41, 5.74) is 0. The Morgan fingerprint density at radius 2 is 0.606 bits per heavy atom. The Balaban J connectivity index is 4.01. The van der Waals surface area contributed by atoms with E-state index in [1.54, 1.807) is 0 Å². The number of ether oxygens (including phenoxy) is 2. The fourth-order valence-electron chi connectivity index (χ4n) is 11.3. The molecule has 2 unspecified atom stereocenters. The Morgan fingerprint density at radius 1 is 0.340 bits per heavy atom. The molecule has 0 aliphatic carbocycles. The van der Waals surface area contributed by atoms with Crippen molar-refractivity contribution >= 4 is 19.8 Å². The lowest BCUT2D eigenvalue weighted by Gasteiger charge is -2.24. The number of hydrogen-bond acceptors (Lipinski definition) is 7. The number of allylic oxidation sites excluding steroid dienone is 18. The molecule has 10 heteroatoms. The van der Waals surface area contributed by atoms with E-state index in [4.69, 9.17) is 18.5 Å². The molecular formula is C84H151NO8P+. The Hall–Kier alpha value is -3.33. The molecule has 0 aromatic carbocycles. The van der Waals surface area contributed by atoms with Gasteiger partial charge in [0.1, 0.15) is 19.8 Å². The van der Waals surface area contributed by atoms with Crippen LogP contribution in [0.5, 0.6) is 0 Å². The number of esters is 2. The lowest BCUT2D eigenvalue weighted by Crippen LogP contribution is -2.37. The van der Waals surface area contributed by atoms with E-state index in [1.165, 1.54) is 225 Å². The fourth-order valence-corrected chi connectivity index (χ4v) is 12.0. The molecule has 0 aromatic rings. The maximum absolute atomic E-state index is 12.9. The number of rotatable bonds is 73. The van der Waals surface area contributed by atoms with Crippen molar-refractivity contribution in [3.8, 4) is 0 Å². The van der Waals surface area contributed by atoms with Gasteiger partial charge in [0.05, 0.1) is 27.7 Å². The third-order valence-electron chi connectivity index (χ3n) is 17.3. The molecule has 0 aromatic heterocycles. The van der Waals surface area contributed by atoms with Gasteiger partial charge in [0.15, 0.2) is 6.10 Å². The number of unbranched alkanes of at least 4 members (excludes halogenated alkanes) is 41. The first-order valence-corrected chi connectivity index (χ1v) is 41.1. The largest absolute Gasteiger partial charge is 0.472 e. The number of quaternary nitrogens is 1. The van der Waals surface area contributed by atoms with Gasteiger partial charge in [-0.3, -0.25) is 18.6 Å². The zero-order valence-corrected chi connectivity index (χ0v) is 63.1. The minimum Gasteiger partial charge on any atom is -0.462 e. The lowest BCUT2D eigenvalue weighted by atomic mass is 10.0. The summed E-state index contributed by atoms with van der Waals surface area (Å²) < 4.78 is 34.8. The van der Waals surface area contributed by atoms with Crippen molar-refractivity contribution in [1.82, 2.24) is 0 Å². The zero-order chi connectivity index (χ0) is 68.3. The second-order valence-corrected chi connectivity index (χ2v) is 29.2. The van der Waals surface area contributed by atoms with Gasteiger partial charge in [-0.05, 0) is 83.5 Å². The van der Waals surface area contributed by atoms with E-state index in [0.717, 1.165) is 103 Å². The van der Waals surface area contributed by atoms with E-state index in [0.29, 0.717) is 17.4 Å². The SMILES string of the molecule is CC/C=C\C/C=C\C/C=C\C/C=C\C/C=C\C/C=C\C/C=C\C/C=C\C/C=C\CCCCCCCCCCCC(=O)OC(COC(=O)CCCCCCCCCCCCCCCCCCCCCCCCCCCCCCCCCCC)COP(=O)(O)OCC[N+](C)(C)C. The molecule has 0 fully saturated rings. The third-order valence-corrected chi connectivity index (χ3v) is 18.3.